The van der Waals surface area contributed by atoms with Gasteiger partial charge in [0.15, 0.2) is 0 Å². The first kappa shape index (κ1) is 13.0. The van der Waals surface area contributed by atoms with Crippen LogP contribution < -0.4 is 0 Å². The van der Waals surface area contributed by atoms with Gasteiger partial charge in [-0.25, -0.2) is 4.68 Å². The Labute approximate surface area is 123 Å². The topological polar surface area (TPSA) is 56.3 Å². The van der Waals surface area contributed by atoms with E-state index in [0.717, 1.165) is 50.4 Å². The molecule has 21 heavy (non-hydrogen) atoms. The van der Waals surface area contributed by atoms with E-state index in [9.17, 15) is 0 Å². The molecule has 2 atom stereocenters. The molecule has 6 nitrogen and oxygen atoms in total. The molecule has 0 unspecified atom stereocenters. The fourth-order valence-corrected chi connectivity index (χ4v) is 3.38. The van der Waals surface area contributed by atoms with Crippen molar-refractivity contribution in [3.05, 3.63) is 36.0 Å². The van der Waals surface area contributed by atoms with Crippen molar-refractivity contribution in [2.75, 3.05) is 19.6 Å². The quantitative estimate of drug-likeness (QED) is 0.856. The number of ether oxygens (including phenoxy) is 1. The maximum atomic E-state index is 5.94. The normalized spacial score (nSPS) is 25.5. The van der Waals surface area contributed by atoms with E-state index < -0.39 is 0 Å². The summed E-state index contributed by atoms with van der Waals surface area (Å²) in [6.45, 7) is 3.84. The van der Waals surface area contributed by atoms with Crippen molar-refractivity contribution >= 4 is 0 Å². The summed E-state index contributed by atoms with van der Waals surface area (Å²) in [5.74, 6) is 1.07. The van der Waals surface area contributed by atoms with E-state index in [1.165, 1.54) is 0 Å². The van der Waals surface area contributed by atoms with Gasteiger partial charge in [-0.3, -0.25) is 0 Å². The molecule has 0 spiro atoms. The monoisotopic (exact) mass is 288 g/mol. The summed E-state index contributed by atoms with van der Waals surface area (Å²) >= 11 is 0. The number of furan rings is 1. The van der Waals surface area contributed by atoms with E-state index in [1.807, 2.05) is 18.3 Å². The Morgan fingerprint density at radius 2 is 2.38 bits per heavy atom. The highest BCUT2D eigenvalue weighted by molar-refractivity contribution is 5.01. The fourth-order valence-electron chi connectivity index (χ4n) is 3.38. The van der Waals surface area contributed by atoms with Crippen LogP contribution >= 0.6 is 0 Å². The van der Waals surface area contributed by atoms with Gasteiger partial charge in [-0.15, -0.1) is 5.10 Å². The molecule has 0 N–H and O–H groups in total. The van der Waals surface area contributed by atoms with E-state index in [4.69, 9.17) is 9.15 Å². The first-order valence-electron chi connectivity index (χ1n) is 7.65. The second-order valence-electron chi connectivity index (χ2n) is 5.86. The molecule has 4 rings (SSSR count). The van der Waals surface area contributed by atoms with Crippen molar-refractivity contribution in [2.24, 2.45) is 0 Å². The maximum Gasteiger partial charge on any atom is 0.103 e. The summed E-state index contributed by atoms with van der Waals surface area (Å²) < 4.78 is 13.4. The van der Waals surface area contributed by atoms with Gasteiger partial charge in [0.05, 0.1) is 36.9 Å². The SMILES string of the molecule is c1coc(CCCN2CC[C@@H]3OCc4cnnn4[C@H]3C2)c1. The Kier molecular flexibility index (Phi) is 3.48. The highest BCUT2D eigenvalue weighted by Gasteiger charge is 2.36. The molecule has 0 aromatic carbocycles. The molecule has 0 amide bonds. The number of nitrogens with zero attached hydrogens (tertiary/aromatic N) is 4. The Hall–Kier alpha value is -1.66. The zero-order chi connectivity index (χ0) is 14.1. The Morgan fingerprint density at radius 3 is 3.29 bits per heavy atom. The van der Waals surface area contributed by atoms with Crippen LogP contribution in [0.2, 0.25) is 0 Å². The average molecular weight is 288 g/mol. The molecular weight excluding hydrogens is 268 g/mol. The molecule has 2 aliphatic heterocycles. The lowest BCUT2D eigenvalue weighted by atomic mass is 10.00. The second-order valence-corrected chi connectivity index (χ2v) is 5.86. The first-order valence-corrected chi connectivity index (χ1v) is 7.65. The van der Waals surface area contributed by atoms with E-state index >= 15 is 0 Å². The minimum absolute atomic E-state index is 0.292. The Bertz CT molecular complexity index is 580. The van der Waals surface area contributed by atoms with Crippen LogP contribution in [0, 0.1) is 0 Å². The Morgan fingerprint density at radius 1 is 1.38 bits per heavy atom. The number of fused-ring (bicyclic) bond motifs is 3. The zero-order valence-corrected chi connectivity index (χ0v) is 12.0. The van der Waals surface area contributed by atoms with Gasteiger partial charge in [0.1, 0.15) is 5.76 Å². The molecule has 112 valence electrons. The summed E-state index contributed by atoms with van der Waals surface area (Å²) in [6.07, 6.45) is 7.04. The summed E-state index contributed by atoms with van der Waals surface area (Å²) in [7, 11) is 0. The van der Waals surface area contributed by atoms with Crippen LogP contribution in [0.4, 0.5) is 0 Å². The highest BCUT2D eigenvalue weighted by Crippen LogP contribution is 2.29. The number of piperidine rings is 1. The van der Waals surface area contributed by atoms with Gasteiger partial charge < -0.3 is 14.1 Å². The van der Waals surface area contributed by atoms with Crippen LogP contribution in [0.5, 0.6) is 0 Å². The van der Waals surface area contributed by atoms with Gasteiger partial charge in [0.2, 0.25) is 0 Å². The van der Waals surface area contributed by atoms with Gasteiger partial charge in [-0.2, -0.15) is 0 Å². The van der Waals surface area contributed by atoms with E-state index in [0.29, 0.717) is 18.8 Å². The minimum Gasteiger partial charge on any atom is -0.469 e. The van der Waals surface area contributed by atoms with Gasteiger partial charge in [0.25, 0.3) is 0 Å². The summed E-state index contributed by atoms with van der Waals surface area (Å²) in [5, 5.41) is 8.26. The van der Waals surface area contributed by atoms with Crippen molar-refractivity contribution in [3.63, 3.8) is 0 Å². The summed E-state index contributed by atoms with van der Waals surface area (Å²) in [4.78, 5) is 2.50. The van der Waals surface area contributed by atoms with Crippen molar-refractivity contribution in [3.8, 4) is 0 Å². The van der Waals surface area contributed by atoms with Gasteiger partial charge in [-0.1, -0.05) is 5.21 Å². The standard InChI is InChI=1S/C15H20N4O2/c1(3-13-4-2-8-20-13)6-18-7-5-15-14(10-18)19-12(11-21-15)9-16-17-19/h2,4,8-9,14-15H,1,3,5-7,10-11H2/t14-,15-/m0/s1. The number of aryl methyl sites for hydroxylation is 1. The van der Waals surface area contributed by atoms with Crippen LogP contribution in [0.3, 0.4) is 0 Å². The minimum atomic E-state index is 0.292. The average Bonchev–Trinajstić information content (AvgIpc) is 3.18. The molecule has 0 saturated carbocycles. The fraction of sp³-hybridized carbons (Fsp3) is 0.600. The van der Waals surface area contributed by atoms with Gasteiger partial charge in [0, 0.05) is 19.5 Å². The van der Waals surface area contributed by atoms with E-state index in [2.05, 4.69) is 19.9 Å². The number of rotatable bonds is 4. The molecule has 0 radical (unpaired) electrons. The van der Waals surface area contributed by atoms with Crippen molar-refractivity contribution < 1.29 is 9.15 Å². The smallest absolute Gasteiger partial charge is 0.103 e. The zero-order valence-electron chi connectivity index (χ0n) is 12.0. The second kappa shape index (κ2) is 5.61. The lowest BCUT2D eigenvalue weighted by Gasteiger charge is -2.41. The third-order valence-corrected chi connectivity index (χ3v) is 4.49. The number of hydrogen-bond donors (Lipinski definition) is 0. The predicted octanol–water partition coefficient (Wildman–Crippen LogP) is 1.65. The first-order chi connectivity index (χ1) is 10.4. The molecule has 1 saturated heterocycles. The maximum absolute atomic E-state index is 5.94. The highest BCUT2D eigenvalue weighted by atomic mass is 16.5. The largest absolute Gasteiger partial charge is 0.469 e. The number of likely N-dealkylation sites (tertiary alicyclic amines) is 1. The van der Waals surface area contributed by atoms with Gasteiger partial charge >= 0.3 is 0 Å². The van der Waals surface area contributed by atoms with Gasteiger partial charge in [-0.05, 0) is 31.5 Å². The van der Waals surface area contributed by atoms with Crippen LogP contribution in [-0.4, -0.2) is 45.6 Å². The van der Waals surface area contributed by atoms with E-state index in [1.54, 1.807) is 6.26 Å². The Balaban J connectivity index is 1.35. The van der Waals surface area contributed by atoms with E-state index in [-0.39, 0.29) is 0 Å². The van der Waals surface area contributed by atoms with Crippen molar-refractivity contribution in [2.45, 2.75) is 38.0 Å². The summed E-state index contributed by atoms with van der Waals surface area (Å²) in [6, 6.07) is 4.31. The molecule has 2 aliphatic rings. The summed E-state index contributed by atoms with van der Waals surface area (Å²) in [5.41, 5.74) is 1.09. The predicted molar refractivity (Wildman–Crippen MR) is 75.7 cm³/mol. The van der Waals surface area contributed by atoms with Crippen LogP contribution in [-0.2, 0) is 17.8 Å². The third kappa shape index (κ3) is 2.61. The third-order valence-electron chi connectivity index (χ3n) is 4.49. The van der Waals surface area contributed by atoms with Crippen LogP contribution in [0.15, 0.2) is 29.0 Å². The van der Waals surface area contributed by atoms with Crippen LogP contribution in [0.25, 0.3) is 0 Å². The van der Waals surface area contributed by atoms with Crippen LogP contribution in [0.1, 0.15) is 30.3 Å². The molecule has 6 heteroatoms. The lowest BCUT2D eigenvalue weighted by molar-refractivity contribution is -0.0656. The molecular formula is C15H20N4O2. The molecule has 0 bridgehead atoms. The molecule has 2 aromatic rings. The molecule has 2 aromatic heterocycles. The van der Waals surface area contributed by atoms with Crippen molar-refractivity contribution in [1.29, 1.82) is 0 Å². The molecule has 4 heterocycles. The van der Waals surface area contributed by atoms with Crippen molar-refractivity contribution in [1.82, 2.24) is 19.9 Å². The number of aromatic nitrogens is 3. The molecule has 1 fully saturated rings. The number of hydrogen-bond acceptors (Lipinski definition) is 5. The molecule has 0 aliphatic carbocycles. The lowest BCUT2D eigenvalue weighted by Crippen LogP contribution is -2.48.